The summed E-state index contributed by atoms with van der Waals surface area (Å²) >= 11 is 3.29. The average Bonchev–Trinajstić information content (AvgIpc) is 2.85. The van der Waals surface area contributed by atoms with Crippen LogP contribution in [0.5, 0.6) is 0 Å². The number of anilines is 1. The van der Waals surface area contributed by atoms with Gasteiger partial charge < -0.3 is 5.32 Å². The number of amides is 1. The second-order valence-corrected chi connectivity index (χ2v) is 4.09. The molecule has 0 atom stereocenters. The van der Waals surface area contributed by atoms with Gasteiger partial charge in [0, 0.05) is 10.7 Å². The van der Waals surface area contributed by atoms with Crippen molar-refractivity contribution in [3.05, 3.63) is 46.2 Å². The number of carbonyl (C=O) groups excluding carboxylic acids is 1. The minimum absolute atomic E-state index is 0.284. The molecular weight excluding hydrogens is 284 g/mol. The maximum atomic E-state index is 11.7. The van der Waals surface area contributed by atoms with Crippen LogP contribution in [0.1, 0.15) is 16.1 Å². The van der Waals surface area contributed by atoms with Gasteiger partial charge in [-0.3, -0.25) is 9.89 Å². The Morgan fingerprint density at radius 2 is 2.29 bits per heavy atom. The van der Waals surface area contributed by atoms with Gasteiger partial charge in [-0.1, -0.05) is 0 Å². The average molecular weight is 291 g/mol. The van der Waals surface area contributed by atoms with Crippen molar-refractivity contribution in [2.45, 2.75) is 0 Å². The molecule has 6 heteroatoms. The molecule has 0 aliphatic heterocycles. The number of nitrogens with one attached hydrogen (secondary N) is 2. The number of hydrogen-bond acceptors (Lipinski definition) is 3. The highest BCUT2D eigenvalue weighted by atomic mass is 79.9. The van der Waals surface area contributed by atoms with Crippen molar-refractivity contribution in [1.29, 1.82) is 5.26 Å². The zero-order valence-electron chi connectivity index (χ0n) is 8.57. The number of H-pyrrole nitrogens is 1. The molecule has 0 saturated carbocycles. The van der Waals surface area contributed by atoms with Gasteiger partial charge in [-0.15, -0.1) is 0 Å². The highest BCUT2D eigenvalue weighted by Crippen LogP contribution is 2.23. The van der Waals surface area contributed by atoms with E-state index in [2.05, 4.69) is 31.4 Å². The Labute approximate surface area is 106 Å². The minimum Gasteiger partial charge on any atom is -0.320 e. The summed E-state index contributed by atoms with van der Waals surface area (Å²) in [5.74, 6) is -0.284. The van der Waals surface area contributed by atoms with Crippen LogP contribution >= 0.6 is 15.9 Å². The normalized spacial score (nSPS) is 9.65. The van der Waals surface area contributed by atoms with E-state index in [1.165, 1.54) is 6.20 Å². The SMILES string of the molecule is N#Cc1ccc(NC(=O)c2ccn[nH]2)c(Br)c1. The second kappa shape index (κ2) is 4.80. The van der Waals surface area contributed by atoms with E-state index < -0.39 is 0 Å². The van der Waals surface area contributed by atoms with Crippen LogP contribution in [0.15, 0.2) is 34.9 Å². The highest BCUT2D eigenvalue weighted by Gasteiger charge is 2.09. The topological polar surface area (TPSA) is 81.6 Å². The first-order chi connectivity index (χ1) is 8.20. The molecule has 0 saturated heterocycles. The van der Waals surface area contributed by atoms with Crippen LogP contribution in [-0.4, -0.2) is 16.1 Å². The number of rotatable bonds is 2. The molecule has 84 valence electrons. The minimum atomic E-state index is -0.284. The summed E-state index contributed by atoms with van der Waals surface area (Å²) in [4.78, 5) is 11.7. The van der Waals surface area contributed by atoms with Crippen LogP contribution < -0.4 is 5.32 Å². The molecule has 2 aromatic rings. The molecule has 1 amide bonds. The van der Waals surface area contributed by atoms with Crippen molar-refractivity contribution in [3.63, 3.8) is 0 Å². The number of nitrogens with zero attached hydrogens (tertiary/aromatic N) is 2. The molecule has 1 heterocycles. The van der Waals surface area contributed by atoms with Gasteiger partial charge in [0.1, 0.15) is 5.69 Å². The van der Waals surface area contributed by atoms with Crippen LogP contribution in [0.25, 0.3) is 0 Å². The maximum Gasteiger partial charge on any atom is 0.273 e. The summed E-state index contributed by atoms with van der Waals surface area (Å²) in [6.45, 7) is 0. The van der Waals surface area contributed by atoms with Crippen LogP contribution in [0.4, 0.5) is 5.69 Å². The van der Waals surface area contributed by atoms with E-state index in [4.69, 9.17) is 5.26 Å². The molecule has 0 bridgehead atoms. The lowest BCUT2D eigenvalue weighted by Gasteiger charge is -2.06. The monoisotopic (exact) mass is 290 g/mol. The molecule has 5 nitrogen and oxygen atoms in total. The Kier molecular flexibility index (Phi) is 3.21. The number of benzene rings is 1. The molecule has 1 aromatic heterocycles. The molecule has 0 unspecified atom stereocenters. The van der Waals surface area contributed by atoms with Gasteiger partial charge in [-0.05, 0) is 40.2 Å². The molecule has 2 rings (SSSR count). The highest BCUT2D eigenvalue weighted by molar-refractivity contribution is 9.10. The first-order valence-corrected chi connectivity index (χ1v) is 5.50. The van der Waals surface area contributed by atoms with Crippen molar-refractivity contribution in [3.8, 4) is 6.07 Å². The lowest BCUT2D eigenvalue weighted by atomic mass is 10.2. The fourth-order valence-electron chi connectivity index (χ4n) is 1.26. The van der Waals surface area contributed by atoms with Gasteiger partial charge >= 0.3 is 0 Å². The molecule has 0 radical (unpaired) electrons. The third kappa shape index (κ3) is 2.52. The zero-order chi connectivity index (χ0) is 12.3. The van der Waals surface area contributed by atoms with Crippen LogP contribution in [0.2, 0.25) is 0 Å². The van der Waals surface area contributed by atoms with Crippen molar-refractivity contribution < 1.29 is 4.79 Å². The molecule has 17 heavy (non-hydrogen) atoms. The van der Waals surface area contributed by atoms with Gasteiger partial charge in [0.15, 0.2) is 0 Å². The fourth-order valence-corrected chi connectivity index (χ4v) is 1.74. The van der Waals surface area contributed by atoms with Gasteiger partial charge in [0.25, 0.3) is 5.91 Å². The first kappa shape index (κ1) is 11.4. The molecule has 2 N–H and O–H groups in total. The summed E-state index contributed by atoms with van der Waals surface area (Å²) in [5, 5.41) is 17.7. The Morgan fingerprint density at radius 1 is 1.47 bits per heavy atom. The maximum absolute atomic E-state index is 11.7. The molecule has 0 aliphatic rings. The first-order valence-electron chi connectivity index (χ1n) is 4.71. The Balaban J connectivity index is 2.20. The number of aromatic amines is 1. The molecule has 0 spiro atoms. The van der Waals surface area contributed by atoms with Gasteiger partial charge in [0.2, 0.25) is 0 Å². The smallest absolute Gasteiger partial charge is 0.273 e. The number of carbonyl (C=O) groups is 1. The van der Waals surface area contributed by atoms with Crippen LogP contribution in [-0.2, 0) is 0 Å². The Bertz CT molecular complexity index is 586. The lowest BCUT2D eigenvalue weighted by Crippen LogP contribution is -2.12. The predicted octanol–water partition coefficient (Wildman–Crippen LogP) is 2.30. The Hall–Kier alpha value is -2.13. The van der Waals surface area contributed by atoms with Gasteiger partial charge in [-0.25, -0.2) is 0 Å². The van der Waals surface area contributed by atoms with Gasteiger partial charge in [0.05, 0.1) is 17.3 Å². The van der Waals surface area contributed by atoms with Crippen LogP contribution in [0, 0.1) is 11.3 Å². The van der Waals surface area contributed by atoms with E-state index in [1.54, 1.807) is 24.3 Å². The second-order valence-electron chi connectivity index (χ2n) is 3.23. The quantitative estimate of drug-likeness (QED) is 0.890. The third-order valence-electron chi connectivity index (χ3n) is 2.09. The lowest BCUT2D eigenvalue weighted by molar-refractivity contribution is 0.102. The van der Waals surface area contributed by atoms with Crippen molar-refractivity contribution >= 4 is 27.5 Å². The number of aromatic nitrogens is 2. The van der Waals surface area contributed by atoms with E-state index >= 15 is 0 Å². The van der Waals surface area contributed by atoms with E-state index in [-0.39, 0.29) is 5.91 Å². The summed E-state index contributed by atoms with van der Waals surface area (Å²) in [6.07, 6.45) is 1.50. The van der Waals surface area contributed by atoms with E-state index in [9.17, 15) is 4.79 Å². The van der Waals surface area contributed by atoms with Crippen molar-refractivity contribution in [2.24, 2.45) is 0 Å². The standard InChI is InChI=1S/C11H7BrN4O/c12-8-5-7(6-13)1-2-9(8)15-11(17)10-3-4-14-16-10/h1-5H,(H,14,16)(H,15,17). The number of nitriles is 1. The predicted molar refractivity (Wildman–Crippen MR) is 65.4 cm³/mol. The zero-order valence-corrected chi connectivity index (χ0v) is 10.2. The Morgan fingerprint density at radius 3 is 2.88 bits per heavy atom. The molecule has 1 aromatic carbocycles. The summed E-state index contributed by atoms with van der Waals surface area (Å²) in [7, 11) is 0. The van der Waals surface area contributed by atoms with E-state index in [0.29, 0.717) is 21.4 Å². The third-order valence-corrected chi connectivity index (χ3v) is 2.75. The largest absolute Gasteiger partial charge is 0.320 e. The van der Waals surface area contributed by atoms with E-state index in [1.807, 2.05) is 6.07 Å². The van der Waals surface area contributed by atoms with E-state index in [0.717, 1.165) is 0 Å². The number of hydrogen-bond donors (Lipinski definition) is 2. The number of halogens is 1. The summed E-state index contributed by atoms with van der Waals surface area (Å²) < 4.78 is 0.657. The fraction of sp³-hybridized carbons (Fsp3) is 0. The van der Waals surface area contributed by atoms with Crippen molar-refractivity contribution in [1.82, 2.24) is 10.2 Å². The summed E-state index contributed by atoms with van der Waals surface area (Å²) in [6, 6.07) is 8.53. The van der Waals surface area contributed by atoms with Gasteiger partial charge in [-0.2, -0.15) is 10.4 Å². The van der Waals surface area contributed by atoms with Crippen LogP contribution in [0.3, 0.4) is 0 Å². The summed E-state index contributed by atoms with van der Waals surface area (Å²) in [5.41, 5.74) is 1.50. The molecule has 0 aliphatic carbocycles. The van der Waals surface area contributed by atoms with Crippen molar-refractivity contribution in [2.75, 3.05) is 5.32 Å². The molecular formula is C11H7BrN4O. The molecule has 0 fully saturated rings.